The fourth-order valence-corrected chi connectivity index (χ4v) is 7.30. The summed E-state index contributed by atoms with van der Waals surface area (Å²) >= 11 is 1.32. The largest absolute Gasteiger partial charge is 0.434 e. The van der Waals surface area contributed by atoms with E-state index in [1.165, 1.54) is 27.8 Å². The van der Waals surface area contributed by atoms with E-state index in [-0.39, 0.29) is 36.6 Å². The third-order valence-corrected chi connectivity index (χ3v) is 9.87. The number of benzene rings is 3. The van der Waals surface area contributed by atoms with E-state index in [2.05, 4.69) is 10.3 Å². The number of carbonyl (C=O) groups is 2. The third-order valence-electron chi connectivity index (χ3n) is 7.21. The fourth-order valence-electron chi connectivity index (χ4n) is 4.93. The maximum atomic E-state index is 13.8. The number of halogens is 2. The van der Waals surface area contributed by atoms with Crippen molar-refractivity contribution in [1.29, 1.82) is 0 Å². The van der Waals surface area contributed by atoms with Crippen LogP contribution in [0.5, 0.6) is 0 Å². The average Bonchev–Trinajstić information content (AvgIpc) is 3.64. The lowest BCUT2D eigenvalue weighted by Crippen LogP contribution is -2.53. The van der Waals surface area contributed by atoms with Crippen LogP contribution < -0.4 is 10.2 Å². The molecule has 1 unspecified atom stereocenters. The Morgan fingerprint density at radius 1 is 1.16 bits per heavy atom. The van der Waals surface area contributed by atoms with Gasteiger partial charge in [0.25, 0.3) is 5.91 Å². The Morgan fingerprint density at radius 3 is 2.66 bits per heavy atom. The summed E-state index contributed by atoms with van der Waals surface area (Å²) in [5.74, 6) is -2.98. The van der Waals surface area contributed by atoms with E-state index in [0.717, 1.165) is 22.6 Å². The van der Waals surface area contributed by atoms with Crippen molar-refractivity contribution in [1.82, 2.24) is 14.6 Å². The smallest absolute Gasteiger partial charge is 0.415 e. The number of anilines is 1. The van der Waals surface area contributed by atoms with Crippen molar-refractivity contribution in [3.8, 4) is 0 Å². The molecule has 14 heteroatoms. The second-order valence-electron chi connectivity index (χ2n) is 10.3. The molecule has 0 spiro atoms. The van der Waals surface area contributed by atoms with Gasteiger partial charge in [-0.15, -0.1) is 11.3 Å². The zero-order valence-corrected chi connectivity index (χ0v) is 25.2. The molecule has 0 aliphatic carbocycles. The highest BCUT2D eigenvalue weighted by Crippen LogP contribution is 2.26. The maximum Gasteiger partial charge on any atom is 0.415 e. The SMILES string of the molecule is CCCN(C[C@@H](O)[C@H](Cc1ccccc1)NC(=O)C1CN(c2ccc(F)c(F)c2)C(=O)O1)S(=O)(=O)c1ccc2ncsc2c1. The van der Waals surface area contributed by atoms with Crippen molar-refractivity contribution in [3.05, 3.63) is 89.4 Å². The lowest BCUT2D eigenvalue weighted by atomic mass is 10.0. The minimum absolute atomic E-state index is 0.0157. The monoisotopic (exact) mass is 644 g/mol. The Hall–Kier alpha value is -3.98. The normalized spacial score (nSPS) is 16.7. The molecule has 10 nitrogen and oxygen atoms in total. The van der Waals surface area contributed by atoms with E-state index in [0.29, 0.717) is 16.6 Å². The zero-order chi connectivity index (χ0) is 31.4. The van der Waals surface area contributed by atoms with E-state index >= 15 is 0 Å². The van der Waals surface area contributed by atoms with Crippen LogP contribution in [-0.4, -0.2) is 72.7 Å². The lowest BCUT2D eigenvalue weighted by Gasteiger charge is -2.30. The van der Waals surface area contributed by atoms with Crippen LogP contribution in [0.25, 0.3) is 10.2 Å². The predicted molar refractivity (Wildman–Crippen MR) is 161 cm³/mol. The number of aliphatic hydroxyl groups excluding tert-OH is 1. The summed E-state index contributed by atoms with van der Waals surface area (Å²) in [4.78, 5) is 31.1. The number of hydrogen-bond donors (Lipinski definition) is 2. The molecular formula is C30H30F2N4O6S2. The van der Waals surface area contributed by atoms with Crippen LogP contribution in [0.1, 0.15) is 18.9 Å². The lowest BCUT2D eigenvalue weighted by molar-refractivity contribution is -0.129. The topological polar surface area (TPSA) is 129 Å². The number of amides is 2. The summed E-state index contributed by atoms with van der Waals surface area (Å²) in [6.45, 7) is 1.34. The highest BCUT2D eigenvalue weighted by Gasteiger charge is 2.39. The van der Waals surface area contributed by atoms with Gasteiger partial charge in [-0.05, 0) is 48.7 Å². The molecule has 44 heavy (non-hydrogen) atoms. The molecule has 2 heterocycles. The summed E-state index contributed by atoms with van der Waals surface area (Å²) in [7, 11) is -4.02. The Bertz CT molecular complexity index is 1750. The Morgan fingerprint density at radius 2 is 1.93 bits per heavy atom. The van der Waals surface area contributed by atoms with Crippen LogP contribution >= 0.6 is 11.3 Å². The molecule has 2 N–H and O–H groups in total. The molecule has 1 aliphatic heterocycles. The molecule has 1 aromatic heterocycles. The first-order chi connectivity index (χ1) is 21.1. The Labute approximate surface area is 256 Å². The molecule has 5 rings (SSSR count). The molecule has 3 atom stereocenters. The molecule has 2 amide bonds. The van der Waals surface area contributed by atoms with E-state index in [4.69, 9.17) is 4.74 Å². The van der Waals surface area contributed by atoms with Crippen molar-refractivity contribution in [2.45, 2.75) is 42.9 Å². The van der Waals surface area contributed by atoms with Gasteiger partial charge in [0.2, 0.25) is 10.0 Å². The van der Waals surface area contributed by atoms with Crippen molar-refractivity contribution >= 4 is 49.3 Å². The van der Waals surface area contributed by atoms with Gasteiger partial charge in [0.05, 0.1) is 45.0 Å². The molecule has 3 aromatic carbocycles. The predicted octanol–water partition coefficient (Wildman–Crippen LogP) is 4.09. The van der Waals surface area contributed by atoms with Crippen LogP contribution in [0.2, 0.25) is 0 Å². The first-order valence-corrected chi connectivity index (χ1v) is 16.2. The highest BCUT2D eigenvalue weighted by atomic mass is 32.2. The first kappa shape index (κ1) is 31.4. The number of aromatic nitrogens is 1. The average molecular weight is 645 g/mol. The van der Waals surface area contributed by atoms with Crippen LogP contribution in [0.15, 0.2) is 77.1 Å². The number of carbonyl (C=O) groups excluding carboxylic acids is 2. The van der Waals surface area contributed by atoms with Crippen LogP contribution in [-0.2, 0) is 26.0 Å². The summed E-state index contributed by atoms with van der Waals surface area (Å²) in [6, 6.07) is 15.6. The fraction of sp³-hybridized carbons (Fsp3) is 0.300. The maximum absolute atomic E-state index is 13.8. The van der Waals surface area contributed by atoms with E-state index in [9.17, 15) is 31.9 Å². The minimum atomic E-state index is -4.02. The number of thiazole rings is 1. The Balaban J connectivity index is 1.35. The molecule has 4 aromatic rings. The van der Waals surface area contributed by atoms with E-state index in [1.807, 2.05) is 13.0 Å². The number of sulfonamides is 1. The van der Waals surface area contributed by atoms with Crippen molar-refractivity contribution < 1.29 is 36.6 Å². The second kappa shape index (κ2) is 13.3. The summed E-state index contributed by atoms with van der Waals surface area (Å²) < 4.78 is 61.7. The zero-order valence-electron chi connectivity index (χ0n) is 23.6. The van der Waals surface area contributed by atoms with E-state index in [1.54, 1.807) is 41.9 Å². The minimum Gasteiger partial charge on any atom is -0.434 e. The van der Waals surface area contributed by atoms with Gasteiger partial charge in [-0.1, -0.05) is 37.3 Å². The number of fused-ring (bicyclic) bond motifs is 1. The van der Waals surface area contributed by atoms with Crippen LogP contribution in [0.4, 0.5) is 19.3 Å². The van der Waals surface area contributed by atoms with Crippen molar-refractivity contribution in [2.75, 3.05) is 24.5 Å². The van der Waals surface area contributed by atoms with Gasteiger partial charge >= 0.3 is 6.09 Å². The van der Waals surface area contributed by atoms with E-state index < -0.39 is 51.9 Å². The molecule has 0 saturated carbocycles. The van der Waals surface area contributed by atoms with Gasteiger partial charge < -0.3 is 15.2 Å². The highest BCUT2D eigenvalue weighted by molar-refractivity contribution is 7.89. The van der Waals surface area contributed by atoms with Gasteiger partial charge in [0, 0.05) is 19.2 Å². The number of aliphatic hydroxyl groups is 1. The molecule has 232 valence electrons. The first-order valence-electron chi connectivity index (χ1n) is 13.9. The third kappa shape index (κ3) is 6.88. The molecule has 1 saturated heterocycles. The van der Waals surface area contributed by atoms with Crippen LogP contribution in [0, 0.1) is 11.6 Å². The summed E-state index contributed by atoms with van der Waals surface area (Å²) in [5, 5.41) is 14.1. The van der Waals surface area contributed by atoms with Crippen molar-refractivity contribution in [3.63, 3.8) is 0 Å². The van der Waals surface area contributed by atoms with Crippen LogP contribution in [0.3, 0.4) is 0 Å². The number of cyclic esters (lactones) is 1. The summed E-state index contributed by atoms with van der Waals surface area (Å²) in [6.07, 6.45) is -2.97. The quantitative estimate of drug-likeness (QED) is 0.238. The van der Waals surface area contributed by atoms with Gasteiger partial charge in [-0.3, -0.25) is 9.69 Å². The number of rotatable bonds is 12. The van der Waals surface area contributed by atoms with Gasteiger partial charge in [-0.25, -0.2) is 27.0 Å². The van der Waals surface area contributed by atoms with Gasteiger partial charge in [0.1, 0.15) is 0 Å². The second-order valence-corrected chi connectivity index (χ2v) is 13.1. The van der Waals surface area contributed by atoms with Gasteiger partial charge in [0.15, 0.2) is 17.7 Å². The number of hydrogen-bond acceptors (Lipinski definition) is 8. The molecule has 0 bridgehead atoms. The number of ether oxygens (including phenoxy) is 1. The summed E-state index contributed by atoms with van der Waals surface area (Å²) in [5.41, 5.74) is 3.09. The van der Waals surface area contributed by atoms with Crippen molar-refractivity contribution in [2.24, 2.45) is 0 Å². The number of nitrogens with zero attached hydrogens (tertiary/aromatic N) is 3. The molecule has 1 fully saturated rings. The number of nitrogens with one attached hydrogen (secondary N) is 1. The standard InChI is InChI=1S/C30H30F2N4O6S2/c1-2-12-35(44(40,41)21-9-11-24-28(15-21)43-18-33-24)16-26(37)25(13-19-6-4-3-5-7-19)34-29(38)27-17-36(30(39)42-27)20-8-10-22(31)23(32)14-20/h3-11,14-15,18,25-27,37H,2,12-13,16-17H2,1H3,(H,34,38)/t25-,26+,27?/m0/s1. The molecule has 1 aliphatic rings. The van der Waals surface area contributed by atoms with Gasteiger partial charge in [-0.2, -0.15) is 4.31 Å². The molecular weight excluding hydrogens is 614 g/mol. The Kier molecular flexibility index (Phi) is 9.53. The molecule has 0 radical (unpaired) electrons.